The van der Waals surface area contributed by atoms with Crippen LogP contribution >= 0.6 is 0 Å². The van der Waals surface area contributed by atoms with Gasteiger partial charge in [-0.25, -0.2) is 12.8 Å². The molecule has 0 heterocycles. The second-order valence-electron chi connectivity index (χ2n) is 5.61. The van der Waals surface area contributed by atoms with E-state index in [1.807, 2.05) is 5.32 Å². The Morgan fingerprint density at radius 1 is 1.18 bits per heavy atom. The van der Waals surface area contributed by atoms with Crippen LogP contribution in [0.1, 0.15) is 11.1 Å². The molecule has 0 saturated heterocycles. The lowest BCUT2D eigenvalue weighted by atomic mass is 10.1. The molecule has 11 heteroatoms. The quantitative estimate of drug-likeness (QED) is 0.575. The van der Waals surface area contributed by atoms with Gasteiger partial charge in [-0.2, -0.15) is 18.4 Å². The van der Waals surface area contributed by atoms with Crippen LogP contribution in [-0.4, -0.2) is 31.3 Å². The van der Waals surface area contributed by atoms with Crippen molar-refractivity contribution < 1.29 is 35.9 Å². The van der Waals surface area contributed by atoms with Crippen molar-refractivity contribution in [2.45, 2.75) is 17.2 Å². The summed E-state index contributed by atoms with van der Waals surface area (Å²) in [5, 5.41) is 20.5. The number of aliphatic hydroxyl groups is 1. The standard InChI is InChI=1S/C17H12F4N2O4S/c18-11-2-5-13(6-3-11)28(26,27)9-15(24)16(25)23-12-4-1-10(8-22)14(7-12)17(19,20)21/h1-7,15,24H,9H2,(H,23,25)/t15-/m0/s1. The molecule has 2 rings (SSSR count). The molecule has 0 aliphatic rings. The van der Waals surface area contributed by atoms with E-state index in [1.54, 1.807) is 0 Å². The van der Waals surface area contributed by atoms with Crippen LogP contribution in [0.2, 0.25) is 0 Å². The summed E-state index contributed by atoms with van der Waals surface area (Å²) in [5.74, 6) is -3.01. The Hall–Kier alpha value is -2.97. The number of carbonyl (C=O) groups excluding carboxylic acids is 1. The molecule has 6 nitrogen and oxygen atoms in total. The molecule has 0 radical (unpaired) electrons. The molecule has 2 aromatic rings. The van der Waals surface area contributed by atoms with Gasteiger partial charge in [0.25, 0.3) is 5.91 Å². The molecule has 1 atom stereocenters. The zero-order valence-electron chi connectivity index (χ0n) is 13.9. The van der Waals surface area contributed by atoms with Crippen LogP contribution in [0, 0.1) is 17.1 Å². The highest BCUT2D eigenvalue weighted by Crippen LogP contribution is 2.33. The van der Waals surface area contributed by atoms with E-state index in [0.29, 0.717) is 6.07 Å². The van der Waals surface area contributed by atoms with Gasteiger partial charge in [0, 0.05) is 5.69 Å². The average molecular weight is 416 g/mol. The summed E-state index contributed by atoms with van der Waals surface area (Å²) in [7, 11) is -4.16. The lowest BCUT2D eigenvalue weighted by Crippen LogP contribution is -2.34. The van der Waals surface area contributed by atoms with Gasteiger partial charge in [-0.1, -0.05) is 0 Å². The van der Waals surface area contributed by atoms with Crippen molar-refractivity contribution in [1.82, 2.24) is 0 Å². The first kappa shape index (κ1) is 21.3. The predicted octanol–water partition coefficient (Wildman–Crippen LogP) is 2.49. The smallest absolute Gasteiger partial charge is 0.382 e. The summed E-state index contributed by atoms with van der Waals surface area (Å²) in [6.07, 6.45) is -6.95. The number of halogens is 4. The third-order valence-corrected chi connectivity index (χ3v) is 5.31. The number of anilines is 1. The van der Waals surface area contributed by atoms with E-state index in [0.717, 1.165) is 36.4 Å². The second-order valence-corrected chi connectivity index (χ2v) is 7.64. The fourth-order valence-corrected chi connectivity index (χ4v) is 3.51. The number of sulfone groups is 1. The van der Waals surface area contributed by atoms with E-state index in [2.05, 4.69) is 0 Å². The molecular formula is C17H12F4N2O4S. The molecule has 28 heavy (non-hydrogen) atoms. The van der Waals surface area contributed by atoms with E-state index in [1.165, 1.54) is 6.07 Å². The van der Waals surface area contributed by atoms with Crippen molar-refractivity contribution in [3.8, 4) is 6.07 Å². The maximum absolute atomic E-state index is 12.9. The highest BCUT2D eigenvalue weighted by molar-refractivity contribution is 7.91. The van der Waals surface area contributed by atoms with E-state index < -0.39 is 50.7 Å². The third kappa shape index (κ3) is 5.05. The molecular weight excluding hydrogens is 404 g/mol. The number of nitrogens with zero attached hydrogens (tertiary/aromatic N) is 1. The molecule has 0 aromatic heterocycles. The van der Waals surface area contributed by atoms with Crippen molar-refractivity contribution in [2.24, 2.45) is 0 Å². The van der Waals surface area contributed by atoms with Crippen LogP contribution in [0.25, 0.3) is 0 Å². The van der Waals surface area contributed by atoms with Crippen LogP contribution in [-0.2, 0) is 20.8 Å². The first-order valence-electron chi connectivity index (χ1n) is 7.52. The maximum atomic E-state index is 12.9. The Kier molecular flexibility index (Phi) is 6.06. The van der Waals surface area contributed by atoms with Crippen molar-refractivity contribution >= 4 is 21.4 Å². The number of benzene rings is 2. The minimum absolute atomic E-state index is 0.335. The van der Waals surface area contributed by atoms with Gasteiger partial charge in [0.05, 0.1) is 27.8 Å². The van der Waals surface area contributed by atoms with Gasteiger partial charge in [0.15, 0.2) is 9.84 Å². The number of carbonyl (C=O) groups is 1. The van der Waals surface area contributed by atoms with Crippen molar-refractivity contribution in [1.29, 1.82) is 5.26 Å². The molecule has 0 saturated carbocycles. The number of aliphatic hydroxyl groups excluding tert-OH is 1. The molecule has 0 fully saturated rings. The molecule has 2 aromatic carbocycles. The Balaban J connectivity index is 2.16. The fourth-order valence-electron chi connectivity index (χ4n) is 2.20. The molecule has 2 N–H and O–H groups in total. The maximum Gasteiger partial charge on any atom is 0.417 e. The highest BCUT2D eigenvalue weighted by atomic mass is 32.2. The first-order chi connectivity index (χ1) is 12.9. The van der Waals surface area contributed by atoms with Crippen LogP contribution in [0.15, 0.2) is 47.4 Å². The average Bonchev–Trinajstić information content (AvgIpc) is 2.60. The van der Waals surface area contributed by atoms with Gasteiger partial charge in [-0.15, -0.1) is 0 Å². The highest BCUT2D eigenvalue weighted by Gasteiger charge is 2.34. The molecule has 0 aliphatic carbocycles. The Labute approximate surface area is 156 Å². The lowest BCUT2D eigenvalue weighted by Gasteiger charge is -2.14. The monoisotopic (exact) mass is 416 g/mol. The summed E-state index contributed by atoms with van der Waals surface area (Å²) in [4.78, 5) is 11.6. The number of amides is 1. The number of nitrogens with one attached hydrogen (secondary N) is 1. The number of hydrogen-bond acceptors (Lipinski definition) is 5. The molecule has 0 spiro atoms. The lowest BCUT2D eigenvalue weighted by molar-refractivity contribution is -0.137. The molecule has 148 valence electrons. The second kappa shape index (κ2) is 7.95. The Morgan fingerprint density at radius 3 is 2.32 bits per heavy atom. The first-order valence-corrected chi connectivity index (χ1v) is 9.18. The van der Waals surface area contributed by atoms with Crippen LogP contribution in [0.3, 0.4) is 0 Å². The largest absolute Gasteiger partial charge is 0.417 e. The minimum Gasteiger partial charge on any atom is -0.382 e. The van der Waals surface area contributed by atoms with E-state index >= 15 is 0 Å². The van der Waals surface area contributed by atoms with Crippen molar-refractivity contribution in [3.05, 3.63) is 59.4 Å². The summed E-state index contributed by atoms with van der Waals surface area (Å²) >= 11 is 0. The topological polar surface area (TPSA) is 107 Å². The van der Waals surface area contributed by atoms with Gasteiger partial charge in [-0.3, -0.25) is 4.79 Å². The molecule has 0 unspecified atom stereocenters. The van der Waals surface area contributed by atoms with Gasteiger partial charge in [0.1, 0.15) is 11.9 Å². The Morgan fingerprint density at radius 2 is 1.79 bits per heavy atom. The van der Waals surface area contributed by atoms with Gasteiger partial charge >= 0.3 is 6.18 Å². The van der Waals surface area contributed by atoms with E-state index in [-0.39, 0.29) is 10.6 Å². The van der Waals surface area contributed by atoms with E-state index in [4.69, 9.17) is 5.26 Å². The molecule has 0 aliphatic heterocycles. The predicted molar refractivity (Wildman–Crippen MR) is 89.2 cm³/mol. The van der Waals surface area contributed by atoms with Crippen LogP contribution in [0.4, 0.5) is 23.2 Å². The molecule has 0 bridgehead atoms. The molecule has 1 amide bonds. The van der Waals surface area contributed by atoms with Gasteiger partial charge < -0.3 is 10.4 Å². The number of hydrogen-bond donors (Lipinski definition) is 2. The van der Waals surface area contributed by atoms with E-state index in [9.17, 15) is 35.9 Å². The van der Waals surface area contributed by atoms with Crippen LogP contribution in [0.5, 0.6) is 0 Å². The zero-order chi connectivity index (χ0) is 21.1. The number of alkyl halides is 3. The SMILES string of the molecule is N#Cc1ccc(NC(=O)[C@@H](O)CS(=O)(=O)c2ccc(F)cc2)cc1C(F)(F)F. The third-order valence-electron chi connectivity index (χ3n) is 3.57. The van der Waals surface area contributed by atoms with Crippen molar-refractivity contribution in [2.75, 3.05) is 11.1 Å². The van der Waals surface area contributed by atoms with Gasteiger partial charge in [0.2, 0.25) is 0 Å². The summed E-state index contributed by atoms with van der Waals surface area (Å²) in [6, 6.07) is 7.38. The normalized spacial score (nSPS) is 12.9. The summed E-state index contributed by atoms with van der Waals surface area (Å²) in [6.45, 7) is 0. The van der Waals surface area contributed by atoms with Crippen LogP contribution < -0.4 is 5.32 Å². The Bertz CT molecular complexity index is 1030. The fraction of sp³-hybridized carbons (Fsp3) is 0.176. The number of nitriles is 1. The minimum atomic E-state index is -4.85. The summed E-state index contributed by atoms with van der Waals surface area (Å²) < 4.78 is 75.9. The van der Waals surface area contributed by atoms with Gasteiger partial charge in [-0.05, 0) is 42.5 Å². The summed E-state index contributed by atoms with van der Waals surface area (Å²) in [5.41, 5.74) is -2.33. The zero-order valence-corrected chi connectivity index (χ0v) is 14.7. The number of rotatable bonds is 5. The van der Waals surface area contributed by atoms with Crippen molar-refractivity contribution in [3.63, 3.8) is 0 Å².